The first-order valence-corrected chi connectivity index (χ1v) is 7.08. The second-order valence-electron chi connectivity index (χ2n) is 6.06. The highest BCUT2D eigenvalue weighted by Crippen LogP contribution is 2.17. The third kappa shape index (κ3) is 4.40. The predicted octanol–water partition coefficient (Wildman–Crippen LogP) is 1.07. The fourth-order valence-corrected chi connectivity index (χ4v) is 2.43. The van der Waals surface area contributed by atoms with Crippen molar-refractivity contribution in [1.82, 2.24) is 15.5 Å². The molecule has 5 heteroatoms. The number of guanidine groups is 1. The van der Waals surface area contributed by atoms with Gasteiger partial charge in [-0.3, -0.25) is 9.79 Å². The number of carbonyl (C=O) groups excluding carboxylic acids is 1. The Morgan fingerprint density at radius 1 is 1.47 bits per heavy atom. The van der Waals surface area contributed by atoms with E-state index < -0.39 is 5.41 Å². The summed E-state index contributed by atoms with van der Waals surface area (Å²) in [5.41, 5.74) is -0.438. The highest BCUT2D eigenvalue weighted by molar-refractivity contribution is 5.84. The molecule has 1 rings (SSSR count). The van der Waals surface area contributed by atoms with Crippen molar-refractivity contribution in [3.63, 3.8) is 0 Å². The monoisotopic (exact) mass is 268 g/mol. The van der Waals surface area contributed by atoms with Crippen LogP contribution in [-0.2, 0) is 4.79 Å². The maximum atomic E-state index is 11.8. The van der Waals surface area contributed by atoms with Crippen molar-refractivity contribution in [3.05, 3.63) is 0 Å². The second-order valence-corrected chi connectivity index (χ2v) is 6.06. The highest BCUT2D eigenvalue weighted by atomic mass is 16.2. The van der Waals surface area contributed by atoms with Crippen LogP contribution in [0.15, 0.2) is 4.99 Å². The van der Waals surface area contributed by atoms with Crippen molar-refractivity contribution in [2.75, 3.05) is 33.7 Å². The number of piperidine rings is 1. The van der Waals surface area contributed by atoms with E-state index in [1.54, 1.807) is 14.1 Å². The Hall–Kier alpha value is -1.26. The van der Waals surface area contributed by atoms with E-state index >= 15 is 0 Å². The lowest BCUT2D eigenvalue weighted by Gasteiger charge is -2.34. The van der Waals surface area contributed by atoms with Gasteiger partial charge in [0.2, 0.25) is 5.91 Å². The lowest BCUT2D eigenvalue weighted by atomic mass is 9.92. The summed E-state index contributed by atoms with van der Waals surface area (Å²) in [4.78, 5) is 18.4. The van der Waals surface area contributed by atoms with Crippen molar-refractivity contribution in [2.24, 2.45) is 16.3 Å². The maximum absolute atomic E-state index is 11.8. The molecule has 1 unspecified atom stereocenters. The van der Waals surface area contributed by atoms with Crippen LogP contribution < -0.4 is 10.6 Å². The summed E-state index contributed by atoms with van der Waals surface area (Å²) >= 11 is 0. The molecule has 1 amide bonds. The van der Waals surface area contributed by atoms with Crippen LogP contribution in [0.1, 0.15) is 33.6 Å². The van der Waals surface area contributed by atoms with E-state index in [0.29, 0.717) is 12.5 Å². The average molecular weight is 268 g/mol. The summed E-state index contributed by atoms with van der Waals surface area (Å²) in [5, 5.41) is 6.03. The minimum Gasteiger partial charge on any atom is -0.359 e. The number of nitrogens with one attached hydrogen (secondary N) is 2. The fraction of sp³-hybridized carbons (Fsp3) is 0.857. The molecule has 1 aliphatic heterocycles. The van der Waals surface area contributed by atoms with E-state index in [2.05, 4.69) is 27.4 Å². The van der Waals surface area contributed by atoms with Gasteiger partial charge in [0.15, 0.2) is 5.96 Å². The molecule has 1 aliphatic rings. The van der Waals surface area contributed by atoms with E-state index in [-0.39, 0.29) is 5.91 Å². The molecule has 0 bridgehead atoms. The van der Waals surface area contributed by atoms with Crippen molar-refractivity contribution in [2.45, 2.75) is 33.6 Å². The molecule has 0 aromatic rings. The van der Waals surface area contributed by atoms with Crippen LogP contribution in [0.5, 0.6) is 0 Å². The summed E-state index contributed by atoms with van der Waals surface area (Å²) in [6.45, 7) is 8.82. The van der Waals surface area contributed by atoms with Crippen molar-refractivity contribution >= 4 is 11.9 Å². The molecule has 1 atom stereocenters. The van der Waals surface area contributed by atoms with Gasteiger partial charge in [0.25, 0.3) is 0 Å². The molecule has 0 saturated carbocycles. The Morgan fingerprint density at radius 2 is 2.16 bits per heavy atom. The summed E-state index contributed by atoms with van der Waals surface area (Å²) in [6, 6.07) is 0. The van der Waals surface area contributed by atoms with Gasteiger partial charge in [-0.05, 0) is 32.6 Å². The zero-order valence-corrected chi connectivity index (χ0v) is 12.9. The smallest absolute Gasteiger partial charge is 0.227 e. The number of rotatable bonds is 3. The molecule has 110 valence electrons. The van der Waals surface area contributed by atoms with Crippen molar-refractivity contribution in [3.8, 4) is 0 Å². The molecule has 1 heterocycles. The van der Waals surface area contributed by atoms with Gasteiger partial charge in [-0.1, -0.05) is 6.92 Å². The first kappa shape index (κ1) is 15.8. The molecule has 0 aliphatic carbocycles. The Balaban J connectivity index is 2.56. The largest absolute Gasteiger partial charge is 0.359 e. The van der Waals surface area contributed by atoms with Gasteiger partial charge in [-0.2, -0.15) is 0 Å². The molecule has 0 radical (unpaired) electrons. The standard InChI is InChI=1S/C14H28N4O/c1-11-7-6-8-18(9-11)13(16-5)17-10-14(2,3)12(19)15-4/h11H,6-10H2,1-5H3,(H,15,19)(H,16,17). The number of hydrogen-bond acceptors (Lipinski definition) is 2. The van der Waals surface area contributed by atoms with Crippen molar-refractivity contribution < 1.29 is 4.79 Å². The van der Waals surface area contributed by atoms with E-state index in [9.17, 15) is 4.79 Å². The summed E-state index contributed by atoms with van der Waals surface area (Å²) in [6.07, 6.45) is 2.50. The molecule has 1 saturated heterocycles. The molecule has 0 aromatic heterocycles. The molecule has 5 nitrogen and oxygen atoms in total. The fourth-order valence-electron chi connectivity index (χ4n) is 2.43. The Kier molecular flexibility index (Phi) is 5.63. The lowest BCUT2D eigenvalue weighted by molar-refractivity contribution is -0.128. The normalized spacial score (nSPS) is 21.2. The second kappa shape index (κ2) is 6.78. The van der Waals surface area contributed by atoms with Crippen molar-refractivity contribution in [1.29, 1.82) is 0 Å². The highest BCUT2D eigenvalue weighted by Gasteiger charge is 2.28. The van der Waals surface area contributed by atoms with Gasteiger partial charge in [-0.15, -0.1) is 0 Å². The summed E-state index contributed by atoms with van der Waals surface area (Å²) in [5.74, 6) is 1.66. The third-order valence-electron chi connectivity index (χ3n) is 3.70. The minimum absolute atomic E-state index is 0.0439. The van der Waals surface area contributed by atoms with Gasteiger partial charge in [0, 0.05) is 33.7 Å². The number of aliphatic imine (C=N–C) groups is 1. The number of hydrogen-bond donors (Lipinski definition) is 2. The predicted molar refractivity (Wildman–Crippen MR) is 79.2 cm³/mol. The number of amides is 1. The zero-order chi connectivity index (χ0) is 14.5. The Morgan fingerprint density at radius 3 is 2.68 bits per heavy atom. The third-order valence-corrected chi connectivity index (χ3v) is 3.70. The van der Waals surface area contributed by atoms with E-state index in [1.165, 1.54) is 12.8 Å². The molecule has 2 N–H and O–H groups in total. The first-order valence-electron chi connectivity index (χ1n) is 7.08. The number of nitrogens with zero attached hydrogens (tertiary/aromatic N) is 2. The van der Waals surface area contributed by atoms with Gasteiger partial charge >= 0.3 is 0 Å². The molecular weight excluding hydrogens is 240 g/mol. The van der Waals surface area contributed by atoms with Crippen LogP contribution >= 0.6 is 0 Å². The molecular formula is C14H28N4O. The molecule has 0 aromatic carbocycles. The molecule has 1 fully saturated rings. The maximum Gasteiger partial charge on any atom is 0.227 e. The van der Waals surface area contributed by atoms with Crippen LogP contribution in [-0.4, -0.2) is 50.5 Å². The first-order chi connectivity index (χ1) is 8.90. The van der Waals surface area contributed by atoms with Crippen LogP contribution in [0.25, 0.3) is 0 Å². The van der Waals surface area contributed by atoms with Crippen LogP contribution in [0.2, 0.25) is 0 Å². The van der Waals surface area contributed by atoms with Gasteiger partial charge in [0.05, 0.1) is 5.41 Å². The topological polar surface area (TPSA) is 56.7 Å². The number of likely N-dealkylation sites (tertiary alicyclic amines) is 1. The quantitative estimate of drug-likeness (QED) is 0.594. The summed E-state index contributed by atoms with van der Waals surface area (Å²) in [7, 11) is 3.47. The molecule has 0 spiro atoms. The molecule has 19 heavy (non-hydrogen) atoms. The van der Waals surface area contributed by atoms with Crippen LogP contribution in [0.4, 0.5) is 0 Å². The van der Waals surface area contributed by atoms with Gasteiger partial charge in [0.1, 0.15) is 0 Å². The lowest BCUT2D eigenvalue weighted by Crippen LogP contribution is -2.50. The van der Waals surface area contributed by atoms with Gasteiger partial charge in [-0.25, -0.2) is 0 Å². The van der Waals surface area contributed by atoms with E-state index in [4.69, 9.17) is 0 Å². The SMILES string of the molecule is CN=C(NCC(C)(C)C(=O)NC)N1CCCC(C)C1. The average Bonchev–Trinajstić information content (AvgIpc) is 2.38. The van der Waals surface area contributed by atoms with E-state index in [0.717, 1.165) is 19.0 Å². The Bertz CT molecular complexity index is 338. The summed E-state index contributed by atoms with van der Waals surface area (Å²) < 4.78 is 0. The van der Waals surface area contributed by atoms with Crippen LogP contribution in [0, 0.1) is 11.3 Å². The Labute approximate surface area is 116 Å². The number of carbonyl (C=O) groups is 1. The minimum atomic E-state index is -0.438. The van der Waals surface area contributed by atoms with Gasteiger partial charge < -0.3 is 15.5 Å². The van der Waals surface area contributed by atoms with Crippen LogP contribution in [0.3, 0.4) is 0 Å². The zero-order valence-electron chi connectivity index (χ0n) is 12.9. The van der Waals surface area contributed by atoms with E-state index in [1.807, 2.05) is 13.8 Å².